The number of rotatable bonds is 3. The number of nitrogens with zero attached hydrogens (tertiary/aromatic N) is 4. The molecular formula is C11H8N4O2. The van der Waals surface area contributed by atoms with Gasteiger partial charge < -0.3 is 5.21 Å². The lowest BCUT2D eigenvalue weighted by Crippen LogP contribution is -2.18. The molecule has 0 radical (unpaired) electrons. The molecule has 84 valence electrons. The molecule has 0 saturated heterocycles. The van der Waals surface area contributed by atoms with Crippen LogP contribution in [0, 0.1) is 0 Å². The summed E-state index contributed by atoms with van der Waals surface area (Å²) in [5.74, 6) is -0.506. The number of hydrogen-bond donors (Lipinski definition) is 1. The molecule has 17 heavy (non-hydrogen) atoms. The minimum atomic E-state index is -0.506. The smallest absolute Gasteiger partial charge is 0.235 e. The molecule has 0 saturated carbocycles. The number of ketones is 1. The summed E-state index contributed by atoms with van der Waals surface area (Å²) in [5.41, 5.74) is 0.293. The molecule has 0 fully saturated rings. The van der Waals surface area contributed by atoms with Gasteiger partial charge in [0.15, 0.2) is 5.71 Å². The van der Waals surface area contributed by atoms with Crippen LogP contribution in [0.4, 0.5) is 0 Å². The molecule has 0 atom stereocenters. The van der Waals surface area contributed by atoms with Crippen LogP contribution in [-0.4, -0.2) is 31.7 Å². The lowest BCUT2D eigenvalue weighted by atomic mass is 10.1. The highest BCUT2D eigenvalue weighted by molar-refractivity contribution is 6.50. The molecule has 0 unspecified atom stereocenters. The van der Waals surface area contributed by atoms with Crippen molar-refractivity contribution in [3.8, 4) is 0 Å². The second-order valence-electron chi connectivity index (χ2n) is 3.09. The molecule has 2 heterocycles. The SMILES string of the molecule is O=C(/C(=N/O)c1ccccn1)c1ccncn1. The summed E-state index contributed by atoms with van der Waals surface area (Å²) in [5, 5.41) is 11.9. The number of hydrogen-bond acceptors (Lipinski definition) is 6. The highest BCUT2D eigenvalue weighted by Crippen LogP contribution is 2.03. The first-order valence-corrected chi connectivity index (χ1v) is 4.77. The van der Waals surface area contributed by atoms with Crippen molar-refractivity contribution in [2.75, 3.05) is 0 Å². The Morgan fingerprint density at radius 1 is 1.12 bits per heavy atom. The molecule has 0 aliphatic heterocycles. The van der Waals surface area contributed by atoms with Crippen LogP contribution in [-0.2, 0) is 0 Å². The summed E-state index contributed by atoms with van der Waals surface area (Å²) in [6.45, 7) is 0. The fourth-order valence-corrected chi connectivity index (χ4v) is 1.26. The zero-order chi connectivity index (χ0) is 12.1. The Balaban J connectivity index is 2.37. The summed E-state index contributed by atoms with van der Waals surface area (Å²) in [7, 11) is 0. The first-order valence-electron chi connectivity index (χ1n) is 4.77. The van der Waals surface area contributed by atoms with Crippen molar-refractivity contribution in [2.45, 2.75) is 0 Å². The number of carbonyl (C=O) groups excluding carboxylic acids is 1. The van der Waals surface area contributed by atoms with Gasteiger partial charge in [0.05, 0.1) is 5.69 Å². The Hall–Kier alpha value is -2.63. The van der Waals surface area contributed by atoms with Crippen LogP contribution in [0.3, 0.4) is 0 Å². The van der Waals surface area contributed by atoms with Crippen LogP contribution < -0.4 is 0 Å². The van der Waals surface area contributed by atoms with Crippen LogP contribution in [0.25, 0.3) is 0 Å². The molecule has 0 aliphatic carbocycles. The average molecular weight is 228 g/mol. The van der Waals surface area contributed by atoms with Gasteiger partial charge in [-0.05, 0) is 18.2 Å². The van der Waals surface area contributed by atoms with Gasteiger partial charge in [0.2, 0.25) is 5.78 Å². The molecule has 0 aliphatic rings. The molecule has 6 heteroatoms. The first-order chi connectivity index (χ1) is 8.33. The third kappa shape index (κ3) is 2.31. The van der Waals surface area contributed by atoms with Crippen molar-refractivity contribution < 1.29 is 10.0 Å². The maximum Gasteiger partial charge on any atom is 0.235 e. The van der Waals surface area contributed by atoms with Crippen molar-refractivity contribution in [2.24, 2.45) is 5.16 Å². The molecule has 1 N–H and O–H groups in total. The van der Waals surface area contributed by atoms with E-state index in [0.29, 0.717) is 5.69 Å². The van der Waals surface area contributed by atoms with Gasteiger partial charge in [0.1, 0.15) is 12.0 Å². The van der Waals surface area contributed by atoms with E-state index in [-0.39, 0.29) is 11.4 Å². The van der Waals surface area contributed by atoms with Crippen molar-refractivity contribution >= 4 is 11.5 Å². The van der Waals surface area contributed by atoms with E-state index in [4.69, 9.17) is 5.21 Å². The third-order valence-corrected chi connectivity index (χ3v) is 2.04. The Bertz CT molecular complexity index is 540. The van der Waals surface area contributed by atoms with E-state index in [1.165, 1.54) is 24.8 Å². The summed E-state index contributed by atoms with van der Waals surface area (Å²) in [6.07, 6.45) is 4.20. The second kappa shape index (κ2) is 4.93. The van der Waals surface area contributed by atoms with E-state index in [0.717, 1.165) is 0 Å². The van der Waals surface area contributed by atoms with Gasteiger partial charge >= 0.3 is 0 Å². The highest BCUT2D eigenvalue weighted by atomic mass is 16.4. The number of aromatic nitrogens is 3. The Morgan fingerprint density at radius 3 is 2.59 bits per heavy atom. The minimum Gasteiger partial charge on any atom is -0.410 e. The Labute approximate surface area is 96.7 Å². The molecule has 2 aromatic rings. The molecule has 0 bridgehead atoms. The topological polar surface area (TPSA) is 88.3 Å². The fourth-order valence-electron chi connectivity index (χ4n) is 1.26. The third-order valence-electron chi connectivity index (χ3n) is 2.04. The molecule has 0 amide bonds. The lowest BCUT2D eigenvalue weighted by molar-refractivity contribution is 0.105. The van der Waals surface area contributed by atoms with Gasteiger partial charge in [0.25, 0.3) is 0 Å². The quantitative estimate of drug-likeness (QED) is 0.365. The Kier molecular flexibility index (Phi) is 3.15. The number of oxime groups is 1. The largest absolute Gasteiger partial charge is 0.410 e. The van der Waals surface area contributed by atoms with E-state index in [1.807, 2.05) is 0 Å². The summed E-state index contributed by atoms with van der Waals surface area (Å²) in [4.78, 5) is 23.4. The normalized spacial score (nSPS) is 11.2. The van der Waals surface area contributed by atoms with E-state index in [9.17, 15) is 4.79 Å². The molecule has 6 nitrogen and oxygen atoms in total. The standard InChI is InChI=1S/C11H8N4O2/c16-11(9-4-6-12-7-14-9)10(15-17)8-3-1-2-5-13-8/h1-7,17H/b15-10+. The van der Waals surface area contributed by atoms with E-state index in [1.54, 1.807) is 18.2 Å². The molecule has 2 rings (SSSR count). The molecule has 2 aromatic heterocycles. The zero-order valence-electron chi connectivity index (χ0n) is 8.69. The van der Waals surface area contributed by atoms with Crippen molar-refractivity contribution in [3.05, 3.63) is 54.4 Å². The fraction of sp³-hybridized carbons (Fsp3) is 0. The van der Waals surface area contributed by atoms with Gasteiger partial charge in [-0.1, -0.05) is 11.2 Å². The van der Waals surface area contributed by atoms with Crippen LogP contribution in [0.2, 0.25) is 0 Å². The maximum atomic E-state index is 12.0. The van der Waals surface area contributed by atoms with Crippen molar-refractivity contribution in [1.82, 2.24) is 15.0 Å². The number of carbonyl (C=O) groups is 1. The highest BCUT2D eigenvalue weighted by Gasteiger charge is 2.18. The molecule has 0 spiro atoms. The van der Waals surface area contributed by atoms with Gasteiger partial charge in [0, 0.05) is 12.4 Å². The van der Waals surface area contributed by atoms with E-state index in [2.05, 4.69) is 20.1 Å². The van der Waals surface area contributed by atoms with Gasteiger partial charge in [-0.2, -0.15) is 0 Å². The van der Waals surface area contributed by atoms with Gasteiger partial charge in [-0.15, -0.1) is 0 Å². The lowest BCUT2D eigenvalue weighted by Gasteiger charge is -2.01. The van der Waals surface area contributed by atoms with Gasteiger partial charge in [-0.3, -0.25) is 9.78 Å². The van der Waals surface area contributed by atoms with E-state index >= 15 is 0 Å². The Morgan fingerprint density at radius 2 is 2.00 bits per heavy atom. The number of Topliss-reactive ketones (excluding diaryl/α,β-unsaturated/α-hetero) is 1. The summed E-state index contributed by atoms with van der Waals surface area (Å²) in [6, 6.07) is 6.42. The maximum absolute atomic E-state index is 12.0. The average Bonchev–Trinajstić information content (AvgIpc) is 2.42. The second-order valence-corrected chi connectivity index (χ2v) is 3.09. The summed E-state index contributed by atoms with van der Waals surface area (Å²) >= 11 is 0. The number of pyridine rings is 1. The first kappa shape index (κ1) is 10.9. The predicted octanol–water partition coefficient (Wildman–Crippen LogP) is 0.933. The predicted molar refractivity (Wildman–Crippen MR) is 58.9 cm³/mol. The monoisotopic (exact) mass is 228 g/mol. The van der Waals surface area contributed by atoms with E-state index < -0.39 is 5.78 Å². The van der Waals surface area contributed by atoms with Crippen LogP contribution in [0.15, 0.2) is 48.1 Å². The molecular weight excluding hydrogens is 220 g/mol. The summed E-state index contributed by atoms with van der Waals surface area (Å²) < 4.78 is 0. The van der Waals surface area contributed by atoms with Crippen LogP contribution in [0.1, 0.15) is 16.2 Å². The van der Waals surface area contributed by atoms with Crippen LogP contribution in [0.5, 0.6) is 0 Å². The van der Waals surface area contributed by atoms with Crippen molar-refractivity contribution in [3.63, 3.8) is 0 Å². The minimum absolute atomic E-state index is 0.149. The zero-order valence-corrected chi connectivity index (χ0v) is 8.69. The van der Waals surface area contributed by atoms with Gasteiger partial charge in [-0.25, -0.2) is 9.97 Å². The van der Waals surface area contributed by atoms with Crippen molar-refractivity contribution in [1.29, 1.82) is 0 Å². The molecule has 0 aromatic carbocycles. The van der Waals surface area contributed by atoms with Crippen LogP contribution >= 0.6 is 0 Å².